The third-order valence-electron chi connectivity index (χ3n) is 4.14. The predicted octanol–water partition coefficient (Wildman–Crippen LogP) is 2.11. The first-order chi connectivity index (χ1) is 9.97. The largest absolute Gasteiger partial charge is 0.393 e. The van der Waals surface area contributed by atoms with Crippen LogP contribution in [0, 0.1) is 5.92 Å². The molecular formula is C16H23BrN2O2. The molecule has 1 heterocycles. The van der Waals surface area contributed by atoms with E-state index in [0.717, 1.165) is 29.5 Å². The number of likely N-dealkylation sites (tertiary alicyclic amines) is 1. The first-order valence-electron chi connectivity index (χ1n) is 7.35. The lowest BCUT2D eigenvalue weighted by atomic mass is 10.0. The minimum absolute atomic E-state index is 0.122. The van der Waals surface area contributed by atoms with Crippen molar-refractivity contribution in [2.75, 3.05) is 26.7 Å². The molecule has 2 atom stereocenters. The SMILES string of the molecule is CC(O)C1CCN(CC(=O)N(C)Cc2ccccc2Br)C1. The maximum atomic E-state index is 12.3. The Hall–Kier alpha value is -0.910. The smallest absolute Gasteiger partial charge is 0.236 e. The van der Waals surface area contributed by atoms with Crippen molar-refractivity contribution in [3.05, 3.63) is 34.3 Å². The molecule has 2 unspecified atom stereocenters. The van der Waals surface area contributed by atoms with Gasteiger partial charge in [0.25, 0.3) is 0 Å². The van der Waals surface area contributed by atoms with Crippen molar-refractivity contribution in [3.63, 3.8) is 0 Å². The molecule has 0 aromatic heterocycles. The van der Waals surface area contributed by atoms with Gasteiger partial charge in [-0.1, -0.05) is 34.1 Å². The minimum Gasteiger partial charge on any atom is -0.393 e. The number of likely N-dealkylation sites (N-methyl/N-ethyl adjacent to an activating group) is 1. The minimum atomic E-state index is -0.289. The number of benzene rings is 1. The van der Waals surface area contributed by atoms with Crippen LogP contribution in [-0.2, 0) is 11.3 Å². The first kappa shape index (κ1) is 16.5. The third-order valence-corrected chi connectivity index (χ3v) is 4.91. The van der Waals surface area contributed by atoms with Gasteiger partial charge in [0.05, 0.1) is 12.6 Å². The van der Waals surface area contributed by atoms with E-state index in [4.69, 9.17) is 0 Å². The summed E-state index contributed by atoms with van der Waals surface area (Å²) in [7, 11) is 1.84. The summed E-state index contributed by atoms with van der Waals surface area (Å²) in [6, 6.07) is 7.95. The summed E-state index contributed by atoms with van der Waals surface area (Å²) in [4.78, 5) is 16.2. The van der Waals surface area contributed by atoms with Gasteiger partial charge >= 0.3 is 0 Å². The number of rotatable bonds is 5. The van der Waals surface area contributed by atoms with Gasteiger partial charge in [-0.05, 0) is 37.4 Å². The van der Waals surface area contributed by atoms with E-state index in [-0.39, 0.29) is 12.0 Å². The molecule has 0 aliphatic carbocycles. The molecule has 5 heteroatoms. The van der Waals surface area contributed by atoms with Gasteiger partial charge in [0.15, 0.2) is 0 Å². The predicted molar refractivity (Wildman–Crippen MR) is 86.8 cm³/mol. The van der Waals surface area contributed by atoms with Crippen molar-refractivity contribution in [1.82, 2.24) is 9.80 Å². The fourth-order valence-electron chi connectivity index (χ4n) is 2.68. The van der Waals surface area contributed by atoms with Crippen LogP contribution in [-0.4, -0.2) is 53.6 Å². The first-order valence-corrected chi connectivity index (χ1v) is 8.14. The molecule has 2 rings (SSSR count). The fraction of sp³-hybridized carbons (Fsp3) is 0.562. The van der Waals surface area contributed by atoms with Crippen molar-refractivity contribution >= 4 is 21.8 Å². The van der Waals surface area contributed by atoms with Crippen molar-refractivity contribution in [2.45, 2.75) is 26.0 Å². The molecule has 21 heavy (non-hydrogen) atoms. The van der Waals surface area contributed by atoms with Gasteiger partial charge in [0.2, 0.25) is 5.91 Å². The number of amides is 1. The molecule has 1 aliphatic heterocycles. The lowest BCUT2D eigenvalue weighted by molar-refractivity contribution is -0.131. The molecule has 4 nitrogen and oxygen atoms in total. The number of carbonyl (C=O) groups excluding carboxylic acids is 1. The van der Waals surface area contributed by atoms with Gasteiger partial charge in [-0.15, -0.1) is 0 Å². The second kappa shape index (κ2) is 7.38. The topological polar surface area (TPSA) is 43.8 Å². The Balaban J connectivity index is 1.85. The number of halogens is 1. The van der Waals surface area contributed by atoms with Gasteiger partial charge in [-0.25, -0.2) is 0 Å². The Bertz CT molecular complexity index is 493. The summed E-state index contributed by atoms with van der Waals surface area (Å²) in [5.74, 6) is 0.420. The highest BCUT2D eigenvalue weighted by Gasteiger charge is 2.27. The highest BCUT2D eigenvalue weighted by atomic mass is 79.9. The van der Waals surface area contributed by atoms with Gasteiger partial charge in [0.1, 0.15) is 0 Å². The van der Waals surface area contributed by atoms with E-state index in [1.165, 1.54) is 0 Å². The van der Waals surface area contributed by atoms with Crippen LogP contribution in [0.4, 0.5) is 0 Å². The van der Waals surface area contributed by atoms with E-state index in [0.29, 0.717) is 19.0 Å². The number of carbonyl (C=O) groups is 1. The standard InChI is InChI=1S/C16H23BrN2O2/c1-12(20)13-7-8-19(10-13)11-16(21)18(2)9-14-5-3-4-6-15(14)17/h3-6,12-13,20H,7-11H2,1-2H3. The van der Waals surface area contributed by atoms with Crippen molar-refractivity contribution < 1.29 is 9.90 Å². The molecule has 0 saturated carbocycles. The van der Waals surface area contributed by atoms with Crippen LogP contribution in [0.25, 0.3) is 0 Å². The van der Waals surface area contributed by atoms with Crippen LogP contribution < -0.4 is 0 Å². The van der Waals surface area contributed by atoms with Gasteiger partial charge < -0.3 is 10.0 Å². The molecule has 1 amide bonds. The molecule has 1 saturated heterocycles. The molecule has 1 aromatic rings. The number of aliphatic hydroxyl groups is 1. The molecule has 1 aromatic carbocycles. The molecule has 0 spiro atoms. The third kappa shape index (κ3) is 4.53. The van der Waals surface area contributed by atoms with Crippen LogP contribution >= 0.6 is 15.9 Å². The van der Waals surface area contributed by atoms with E-state index in [1.807, 2.05) is 38.2 Å². The average Bonchev–Trinajstić information content (AvgIpc) is 2.90. The Labute approximate surface area is 134 Å². The summed E-state index contributed by atoms with van der Waals surface area (Å²) in [6.07, 6.45) is 0.682. The van der Waals surface area contributed by atoms with E-state index >= 15 is 0 Å². The fourth-order valence-corrected chi connectivity index (χ4v) is 3.09. The van der Waals surface area contributed by atoms with E-state index in [1.54, 1.807) is 4.90 Å². The van der Waals surface area contributed by atoms with E-state index in [9.17, 15) is 9.90 Å². The monoisotopic (exact) mass is 354 g/mol. The zero-order valence-corrected chi connectivity index (χ0v) is 14.2. The lowest BCUT2D eigenvalue weighted by Gasteiger charge is -2.22. The summed E-state index contributed by atoms with van der Waals surface area (Å²) in [5.41, 5.74) is 1.11. The van der Waals surface area contributed by atoms with E-state index < -0.39 is 0 Å². The Morgan fingerprint density at radius 1 is 1.52 bits per heavy atom. The molecule has 116 valence electrons. The van der Waals surface area contributed by atoms with E-state index in [2.05, 4.69) is 20.8 Å². The summed E-state index contributed by atoms with van der Waals surface area (Å²) in [6.45, 7) is 4.57. The zero-order valence-electron chi connectivity index (χ0n) is 12.6. The zero-order chi connectivity index (χ0) is 15.4. The number of aliphatic hydroxyl groups excluding tert-OH is 1. The average molecular weight is 355 g/mol. The summed E-state index contributed by atoms with van der Waals surface area (Å²) >= 11 is 3.51. The molecule has 1 N–H and O–H groups in total. The van der Waals surface area contributed by atoms with Gasteiger partial charge in [-0.3, -0.25) is 9.69 Å². The second-order valence-electron chi connectivity index (χ2n) is 5.87. The van der Waals surface area contributed by atoms with Gasteiger partial charge in [-0.2, -0.15) is 0 Å². The number of hydrogen-bond acceptors (Lipinski definition) is 3. The Kier molecular flexibility index (Phi) is 5.79. The van der Waals surface area contributed by atoms with Crippen molar-refractivity contribution in [2.24, 2.45) is 5.92 Å². The Morgan fingerprint density at radius 3 is 2.86 bits per heavy atom. The van der Waals surface area contributed by atoms with Crippen LogP contribution in [0.2, 0.25) is 0 Å². The van der Waals surface area contributed by atoms with Gasteiger partial charge in [0, 0.05) is 24.6 Å². The normalized spacial score (nSPS) is 20.5. The highest BCUT2D eigenvalue weighted by molar-refractivity contribution is 9.10. The van der Waals surface area contributed by atoms with Crippen LogP contribution in [0.1, 0.15) is 18.9 Å². The second-order valence-corrected chi connectivity index (χ2v) is 6.72. The van der Waals surface area contributed by atoms with Crippen LogP contribution in [0.5, 0.6) is 0 Å². The molecule has 0 radical (unpaired) electrons. The van der Waals surface area contributed by atoms with Crippen LogP contribution in [0.15, 0.2) is 28.7 Å². The summed E-state index contributed by atoms with van der Waals surface area (Å²) in [5, 5.41) is 9.61. The molecular weight excluding hydrogens is 332 g/mol. The van der Waals surface area contributed by atoms with Crippen molar-refractivity contribution in [1.29, 1.82) is 0 Å². The molecule has 0 bridgehead atoms. The lowest BCUT2D eigenvalue weighted by Crippen LogP contribution is -2.37. The van der Waals surface area contributed by atoms with Crippen molar-refractivity contribution in [3.8, 4) is 0 Å². The Morgan fingerprint density at radius 2 is 2.24 bits per heavy atom. The number of nitrogens with zero attached hydrogens (tertiary/aromatic N) is 2. The highest BCUT2D eigenvalue weighted by Crippen LogP contribution is 2.20. The van der Waals surface area contributed by atoms with Crippen LogP contribution in [0.3, 0.4) is 0 Å². The number of hydrogen-bond donors (Lipinski definition) is 1. The quantitative estimate of drug-likeness (QED) is 0.880. The maximum Gasteiger partial charge on any atom is 0.236 e. The molecule has 1 aliphatic rings. The maximum absolute atomic E-state index is 12.3. The molecule has 1 fully saturated rings. The summed E-state index contributed by atoms with van der Waals surface area (Å²) < 4.78 is 1.03.